The zero-order valence-electron chi connectivity index (χ0n) is 14.0. The Bertz CT molecular complexity index is 677. The number of rotatable bonds is 5. The van der Waals surface area contributed by atoms with Crippen LogP contribution < -0.4 is 16.0 Å². The van der Waals surface area contributed by atoms with Crippen LogP contribution in [0.15, 0.2) is 6.07 Å². The Kier molecular flexibility index (Phi) is 4.29. The molecule has 8 nitrogen and oxygen atoms in total. The minimum Gasteiger partial charge on any atom is -0.354 e. The van der Waals surface area contributed by atoms with Crippen LogP contribution in [0.25, 0.3) is 0 Å². The molecule has 3 rings (SSSR count). The Morgan fingerprint density at radius 3 is 2.79 bits per heavy atom. The molecule has 1 saturated heterocycles. The predicted molar refractivity (Wildman–Crippen MR) is 86.1 cm³/mol. The van der Waals surface area contributed by atoms with Gasteiger partial charge in [0.15, 0.2) is 0 Å². The first-order chi connectivity index (χ1) is 11.4. The topological polar surface area (TPSA) is 105 Å². The van der Waals surface area contributed by atoms with Crippen molar-refractivity contribution in [2.45, 2.75) is 52.1 Å². The van der Waals surface area contributed by atoms with Crippen LogP contribution >= 0.6 is 0 Å². The minimum absolute atomic E-state index is 0.0433. The standard InChI is InChI=1S/C16H23N5O3/c1-10-7-11(2)21(20-10)9-16(5-6-16)8-17-14(23)12-3-4-13(22)19-15(24)18-12/h7,12H,3-6,8-9H2,1-2H3,(H,17,23)(H2,18,19,22,24). The number of carbonyl (C=O) groups excluding carboxylic acids is 3. The molecule has 1 saturated carbocycles. The largest absolute Gasteiger partial charge is 0.354 e. The monoisotopic (exact) mass is 333 g/mol. The molecule has 2 fully saturated rings. The number of nitrogens with one attached hydrogen (secondary N) is 3. The van der Waals surface area contributed by atoms with Crippen LogP contribution in [0.4, 0.5) is 4.79 Å². The van der Waals surface area contributed by atoms with Crippen LogP contribution in [0.2, 0.25) is 0 Å². The Balaban J connectivity index is 1.55. The molecule has 8 heteroatoms. The zero-order valence-corrected chi connectivity index (χ0v) is 14.0. The van der Waals surface area contributed by atoms with Gasteiger partial charge < -0.3 is 10.6 Å². The number of aryl methyl sites for hydroxylation is 2. The van der Waals surface area contributed by atoms with Crippen molar-refractivity contribution in [2.24, 2.45) is 5.41 Å². The van der Waals surface area contributed by atoms with Crippen molar-refractivity contribution < 1.29 is 14.4 Å². The number of amides is 4. The van der Waals surface area contributed by atoms with Crippen molar-refractivity contribution in [3.8, 4) is 0 Å². The Labute approximate surface area is 140 Å². The summed E-state index contributed by atoms with van der Waals surface area (Å²) < 4.78 is 1.99. The van der Waals surface area contributed by atoms with E-state index < -0.39 is 12.1 Å². The van der Waals surface area contributed by atoms with E-state index in [2.05, 4.69) is 21.0 Å². The molecule has 1 aromatic heterocycles. The first kappa shape index (κ1) is 16.5. The third kappa shape index (κ3) is 3.74. The maximum atomic E-state index is 12.3. The minimum atomic E-state index is -0.666. The van der Waals surface area contributed by atoms with E-state index in [1.807, 2.05) is 24.6 Å². The van der Waals surface area contributed by atoms with E-state index in [0.717, 1.165) is 30.8 Å². The van der Waals surface area contributed by atoms with Crippen LogP contribution in [0, 0.1) is 19.3 Å². The predicted octanol–water partition coefficient (Wildman–Crippen LogP) is 0.385. The SMILES string of the molecule is Cc1cc(C)n(CC2(CNC(=O)C3CCC(=O)NC(=O)N3)CC2)n1. The van der Waals surface area contributed by atoms with Crippen molar-refractivity contribution in [3.05, 3.63) is 17.5 Å². The van der Waals surface area contributed by atoms with Gasteiger partial charge in [-0.25, -0.2) is 4.79 Å². The summed E-state index contributed by atoms with van der Waals surface area (Å²) in [6, 6.07) is 0.766. The number of hydrogen-bond donors (Lipinski definition) is 3. The van der Waals surface area contributed by atoms with E-state index in [1.165, 1.54) is 0 Å². The number of nitrogens with zero attached hydrogens (tertiary/aromatic N) is 2. The normalized spacial score (nSPS) is 22.3. The van der Waals surface area contributed by atoms with Gasteiger partial charge >= 0.3 is 6.03 Å². The Morgan fingerprint density at radius 2 is 2.17 bits per heavy atom. The molecule has 2 aliphatic rings. The molecule has 24 heavy (non-hydrogen) atoms. The molecule has 4 amide bonds. The highest BCUT2D eigenvalue weighted by molar-refractivity contribution is 5.98. The molecule has 1 aliphatic heterocycles. The van der Waals surface area contributed by atoms with Gasteiger partial charge in [0.1, 0.15) is 6.04 Å². The van der Waals surface area contributed by atoms with Gasteiger partial charge in [0.2, 0.25) is 11.8 Å². The first-order valence-corrected chi connectivity index (χ1v) is 8.26. The molecule has 0 spiro atoms. The van der Waals surface area contributed by atoms with Crippen molar-refractivity contribution >= 4 is 17.8 Å². The molecule has 0 aromatic carbocycles. The van der Waals surface area contributed by atoms with Crippen LogP contribution in [-0.2, 0) is 16.1 Å². The average molecular weight is 333 g/mol. The molecule has 1 aromatic rings. The summed E-state index contributed by atoms with van der Waals surface area (Å²) in [7, 11) is 0. The van der Waals surface area contributed by atoms with Crippen molar-refractivity contribution in [1.82, 2.24) is 25.7 Å². The molecule has 3 N–H and O–H groups in total. The second-order valence-corrected chi connectivity index (χ2v) is 6.92. The lowest BCUT2D eigenvalue weighted by Crippen LogP contribution is -2.49. The highest BCUT2D eigenvalue weighted by Gasteiger charge is 2.44. The van der Waals surface area contributed by atoms with Gasteiger partial charge in [-0.05, 0) is 39.2 Å². The van der Waals surface area contributed by atoms with Gasteiger partial charge in [-0.15, -0.1) is 0 Å². The molecule has 1 aliphatic carbocycles. The van der Waals surface area contributed by atoms with E-state index in [9.17, 15) is 14.4 Å². The van der Waals surface area contributed by atoms with Gasteiger partial charge in [-0.3, -0.25) is 19.6 Å². The highest BCUT2D eigenvalue weighted by atomic mass is 16.2. The summed E-state index contributed by atoms with van der Waals surface area (Å²) in [6.07, 6.45) is 2.56. The van der Waals surface area contributed by atoms with E-state index in [1.54, 1.807) is 0 Å². The van der Waals surface area contributed by atoms with Crippen molar-refractivity contribution in [1.29, 1.82) is 0 Å². The number of urea groups is 1. The van der Waals surface area contributed by atoms with Gasteiger partial charge in [0.05, 0.1) is 5.69 Å². The lowest BCUT2D eigenvalue weighted by molar-refractivity contribution is -0.123. The lowest BCUT2D eigenvalue weighted by atomic mass is 10.1. The Morgan fingerprint density at radius 1 is 1.42 bits per heavy atom. The third-order valence-electron chi connectivity index (χ3n) is 4.72. The number of imide groups is 1. The second kappa shape index (κ2) is 6.26. The van der Waals surface area contributed by atoms with Crippen LogP contribution in [0.1, 0.15) is 37.1 Å². The molecular weight excluding hydrogens is 310 g/mol. The molecule has 0 radical (unpaired) electrons. The number of hydrogen-bond acceptors (Lipinski definition) is 4. The van der Waals surface area contributed by atoms with Gasteiger partial charge in [0, 0.05) is 30.6 Å². The van der Waals surface area contributed by atoms with Crippen molar-refractivity contribution in [3.63, 3.8) is 0 Å². The fourth-order valence-electron chi connectivity index (χ4n) is 3.05. The molecule has 1 atom stereocenters. The molecule has 130 valence electrons. The van der Waals surface area contributed by atoms with E-state index in [4.69, 9.17) is 0 Å². The van der Waals surface area contributed by atoms with Crippen LogP contribution in [-0.4, -0.2) is 40.2 Å². The van der Waals surface area contributed by atoms with Crippen LogP contribution in [0.3, 0.4) is 0 Å². The lowest BCUT2D eigenvalue weighted by Gasteiger charge is -2.20. The van der Waals surface area contributed by atoms with Crippen molar-refractivity contribution in [2.75, 3.05) is 6.54 Å². The maximum absolute atomic E-state index is 12.3. The van der Waals surface area contributed by atoms with Gasteiger partial charge in [0.25, 0.3) is 0 Å². The average Bonchev–Trinajstić information content (AvgIpc) is 3.23. The third-order valence-corrected chi connectivity index (χ3v) is 4.72. The van der Waals surface area contributed by atoms with E-state index in [-0.39, 0.29) is 23.7 Å². The fraction of sp³-hybridized carbons (Fsp3) is 0.625. The van der Waals surface area contributed by atoms with Gasteiger partial charge in [-0.1, -0.05) is 0 Å². The van der Waals surface area contributed by atoms with E-state index >= 15 is 0 Å². The zero-order chi connectivity index (χ0) is 17.3. The summed E-state index contributed by atoms with van der Waals surface area (Å²) in [5.74, 6) is -0.592. The van der Waals surface area contributed by atoms with E-state index in [0.29, 0.717) is 13.0 Å². The van der Waals surface area contributed by atoms with Gasteiger partial charge in [-0.2, -0.15) is 5.10 Å². The summed E-state index contributed by atoms with van der Waals surface area (Å²) in [4.78, 5) is 35.1. The first-order valence-electron chi connectivity index (χ1n) is 8.26. The Hall–Kier alpha value is -2.38. The molecule has 1 unspecified atom stereocenters. The number of aromatic nitrogens is 2. The summed E-state index contributed by atoms with van der Waals surface area (Å²) in [5.41, 5.74) is 2.15. The maximum Gasteiger partial charge on any atom is 0.322 e. The molecule has 2 heterocycles. The smallest absolute Gasteiger partial charge is 0.322 e. The molecular formula is C16H23N5O3. The highest BCUT2D eigenvalue weighted by Crippen LogP contribution is 2.46. The van der Waals surface area contributed by atoms with Crippen LogP contribution in [0.5, 0.6) is 0 Å². The summed E-state index contributed by atoms with van der Waals surface area (Å²) in [5, 5.41) is 12.1. The quantitative estimate of drug-likeness (QED) is 0.724. The second-order valence-electron chi connectivity index (χ2n) is 6.92. The summed E-state index contributed by atoms with van der Waals surface area (Å²) >= 11 is 0. The number of carbonyl (C=O) groups is 3. The molecule has 0 bridgehead atoms. The fourth-order valence-corrected chi connectivity index (χ4v) is 3.05. The summed E-state index contributed by atoms with van der Waals surface area (Å²) in [6.45, 7) is 5.33.